The first-order chi connectivity index (χ1) is 10.9. The van der Waals surface area contributed by atoms with Crippen molar-refractivity contribution in [2.45, 2.75) is 0 Å². The summed E-state index contributed by atoms with van der Waals surface area (Å²) in [5.74, 6) is 0. The Morgan fingerprint density at radius 2 is 1.00 bits per heavy atom. The van der Waals surface area contributed by atoms with Crippen LogP contribution in [0.1, 0.15) is 22.3 Å². The van der Waals surface area contributed by atoms with Crippen molar-refractivity contribution in [1.29, 1.82) is 0 Å². The molecule has 0 fully saturated rings. The third kappa shape index (κ3) is 1.71. The number of rotatable bonds is 0. The van der Waals surface area contributed by atoms with E-state index in [1.807, 2.05) is 0 Å². The van der Waals surface area contributed by atoms with Crippen LogP contribution in [0.5, 0.6) is 0 Å². The van der Waals surface area contributed by atoms with Gasteiger partial charge in [0.25, 0.3) is 0 Å². The van der Waals surface area contributed by atoms with Gasteiger partial charge in [-0.15, -0.1) is 0 Å². The van der Waals surface area contributed by atoms with Gasteiger partial charge in [0.15, 0.2) is 0 Å². The lowest BCUT2D eigenvalue weighted by Crippen LogP contribution is -1.76. The first-order valence-corrected chi connectivity index (χ1v) is 7.63. The first-order valence-electron chi connectivity index (χ1n) is 7.63. The molecule has 0 nitrogen and oxygen atoms in total. The number of hydrogen-bond acceptors (Lipinski definition) is 0. The lowest BCUT2D eigenvalue weighted by atomic mass is 10.1. The number of allylic oxidation sites excluding steroid dienone is 3. The average molecular weight is 278 g/mol. The first kappa shape index (κ1) is 11.8. The van der Waals surface area contributed by atoms with Gasteiger partial charge in [-0.3, -0.25) is 0 Å². The van der Waals surface area contributed by atoms with Crippen LogP contribution in [0.3, 0.4) is 0 Å². The SMILES string of the molecule is C1=Cc2ccccc2C=CC1=C1c2cc3ccccc3cc21. The Bertz CT molecular complexity index is 934. The molecule has 0 heteroatoms. The minimum Gasteiger partial charge on any atom is -0.0616 e. The Labute approximate surface area is 129 Å². The van der Waals surface area contributed by atoms with Crippen LogP contribution in [0.2, 0.25) is 0 Å². The monoisotopic (exact) mass is 278 g/mol. The second-order valence-electron chi connectivity index (χ2n) is 5.87. The van der Waals surface area contributed by atoms with Crippen molar-refractivity contribution in [1.82, 2.24) is 0 Å². The van der Waals surface area contributed by atoms with Gasteiger partial charge in [-0.05, 0) is 56.3 Å². The van der Waals surface area contributed by atoms with Crippen molar-refractivity contribution in [2.75, 3.05) is 0 Å². The summed E-state index contributed by atoms with van der Waals surface area (Å²) >= 11 is 0. The summed E-state index contributed by atoms with van der Waals surface area (Å²) in [6, 6.07) is 21.7. The average Bonchev–Trinajstić information content (AvgIpc) is 3.29. The van der Waals surface area contributed by atoms with Crippen LogP contribution < -0.4 is 0 Å². The fraction of sp³-hybridized carbons (Fsp3) is 0. The van der Waals surface area contributed by atoms with Gasteiger partial charge in [-0.2, -0.15) is 0 Å². The lowest BCUT2D eigenvalue weighted by molar-refractivity contribution is 1.62. The Kier molecular flexibility index (Phi) is 2.31. The summed E-state index contributed by atoms with van der Waals surface area (Å²) in [5, 5.41) is 2.64. The number of hydrogen-bond donors (Lipinski definition) is 0. The van der Waals surface area contributed by atoms with Crippen LogP contribution in [-0.4, -0.2) is 0 Å². The quantitative estimate of drug-likeness (QED) is 0.387. The van der Waals surface area contributed by atoms with Gasteiger partial charge >= 0.3 is 0 Å². The summed E-state index contributed by atoms with van der Waals surface area (Å²) in [5.41, 5.74) is 8.06. The van der Waals surface area contributed by atoms with Gasteiger partial charge in [0.2, 0.25) is 0 Å². The second kappa shape index (κ2) is 4.32. The van der Waals surface area contributed by atoms with Gasteiger partial charge < -0.3 is 0 Å². The van der Waals surface area contributed by atoms with Gasteiger partial charge in [0.1, 0.15) is 0 Å². The van der Waals surface area contributed by atoms with E-state index in [0.29, 0.717) is 0 Å². The lowest BCUT2D eigenvalue weighted by Gasteiger charge is -1.96. The third-order valence-corrected chi connectivity index (χ3v) is 4.53. The molecule has 0 spiro atoms. The molecule has 2 aliphatic rings. The van der Waals surface area contributed by atoms with E-state index in [2.05, 4.69) is 85.0 Å². The highest BCUT2D eigenvalue weighted by Gasteiger charge is 2.27. The molecule has 0 radical (unpaired) electrons. The molecule has 0 N–H and O–H groups in total. The normalized spacial score (nSPS) is 14.7. The molecule has 0 unspecified atom stereocenters. The standard InChI is InChI=1S/C22H14/c1-2-6-16-10-12-17(11-9-15(16)5-1)22-20-13-18-7-3-4-8-19(18)14-21(20)22/h1-14H. The summed E-state index contributed by atoms with van der Waals surface area (Å²) in [7, 11) is 0. The molecule has 0 bridgehead atoms. The van der Waals surface area contributed by atoms with Crippen LogP contribution in [0.15, 0.2) is 78.4 Å². The zero-order chi connectivity index (χ0) is 14.5. The Balaban J connectivity index is 1.66. The molecule has 102 valence electrons. The molecule has 0 atom stereocenters. The second-order valence-corrected chi connectivity index (χ2v) is 5.87. The van der Waals surface area contributed by atoms with Gasteiger partial charge in [0.05, 0.1) is 0 Å². The van der Waals surface area contributed by atoms with E-state index >= 15 is 0 Å². The predicted octanol–water partition coefficient (Wildman–Crippen LogP) is 5.70. The maximum absolute atomic E-state index is 2.31. The van der Waals surface area contributed by atoms with Crippen LogP contribution in [0, 0.1) is 0 Å². The maximum atomic E-state index is 2.31. The highest BCUT2D eigenvalue weighted by Crippen LogP contribution is 2.47. The minimum absolute atomic E-state index is 1.28. The Morgan fingerprint density at radius 3 is 1.55 bits per heavy atom. The van der Waals surface area contributed by atoms with Crippen molar-refractivity contribution in [2.24, 2.45) is 0 Å². The van der Waals surface area contributed by atoms with E-state index in [1.54, 1.807) is 0 Å². The molecular weight excluding hydrogens is 264 g/mol. The predicted molar refractivity (Wildman–Crippen MR) is 94.5 cm³/mol. The summed E-state index contributed by atoms with van der Waals surface area (Å²) < 4.78 is 0. The van der Waals surface area contributed by atoms with Crippen molar-refractivity contribution in [3.05, 3.63) is 101 Å². The maximum Gasteiger partial charge on any atom is -0.00259 e. The minimum atomic E-state index is 1.28. The third-order valence-electron chi connectivity index (χ3n) is 4.53. The number of benzene rings is 3. The smallest absolute Gasteiger partial charge is 0.00259 e. The van der Waals surface area contributed by atoms with Crippen molar-refractivity contribution in [3.8, 4) is 0 Å². The van der Waals surface area contributed by atoms with Gasteiger partial charge in [0, 0.05) is 0 Å². The molecule has 0 amide bonds. The fourth-order valence-electron chi connectivity index (χ4n) is 3.31. The largest absolute Gasteiger partial charge is 0.0616 e. The molecule has 3 aromatic carbocycles. The summed E-state index contributed by atoms with van der Waals surface area (Å²) in [6.45, 7) is 0. The van der Waals surface area contributed by atoms with E-state index in [1.165, 1.54) is 44.2 Å². The van der Waals surface area contributed by atoms with Crippen LogP contribution in [0.25, 0.3) is 28.5 Å². The van der Waals surface area contributed by atoms with Crippen molar-refractivity contribution in [3.63, 3.8) is 0 Å². The highest BCUT2D eigenvalue weighted by molar-refractivity contribution is 6.09. The molecule has 0 saturated heterocycles. The molecule has 0 aliphatic heterocycles. The fourth-order valence-corrected chi connectivity index (χ4v) is 3.31. The molecule has 0 saturated carbocycles. The molecule has 22 heavy (non-hydrogen) atoms. The van der Waals surface area contributed by atoms with Crippen LogP contribution in [0.4, 0.5) is 0 Å². The number of fused-ring (bicyclic) bond motifs is 3. The Morgan fingerprint density at radius 1 is 0.500 bits per heavy atom. The Hall–Kier alpha value is -2.86. The van der Waals surface area contributed by atoms with Crippen LogP contribution in [-0.2, 0) is 0 Å². The molecule has 5 rings (SSSR count). The van der Waals surface area contributed by atoms with E-state index in [4.69, 9.17) is 0 Å². The molecule has 2 aliphatic carbocycles. The topological polar surface area (TPSA) is 0 Å². The van der Waals surface area contributed by atoms with E-state index in [0.717, 1.165) is 0 Å². The molecule has 3 aromatic rings. The summed E-state index contributed by atoms with van der Waals surface area (Å²) in [6.07, 6.45) is 8.91. The van der Waals surface area contributed by atoms with Gasteiger partial charge in [-0.25, -0.2) is 0 Å². The van der Waals surface area contributed by atoms with E-state index < -0.39 is 0 Å². The molecular formula is C22H14. The van der Waals surface area contributed by atoms with E-state index in [9.17, 15) is 0 Å². The molecule has 0 aromatic heterocycles. The van der Waals surface area contributed by atoms with Gasteiger partial charge in [-0.1, -0.05) is 72.8 Å². The zero-order valence-corrected chi connectivity index (χ0v) is 12.1. The van der Waals surface area contributed by atoms with Crippen molar-refractivity contribution < 1.29 is 0 Å². The van der Waals surface area contributed by atoms with E-state index in [-0.39, 0.29) is 0 Å². The van der Waals surface area contributed by atoms with Crippen molar-refractivity contribution >= 4 is 28.5 Å². The molecule has 0 heterocycles. The zero-order valence-electron chi connectivity index (χ0n) is 12.1. The summed E-state index contributed by atoms with van der Waals surface area (Å²) in [4.78, 5) is 0. The van der Waals surface area contributed by atoms with Crippen LogP contribution >= 0.6 is 0 Å². The highest BCUT2D eigenvalue weighted by atomic mass is 14.3.